The van der Waals surface area contributed by atoms with Crippen molar-refractivity contribution in [3.05, 3.63) is 11.6 Å². The topological polar surface area (TPSA) is 0 Å². The van der Waals surface area contributed by atoms with Crippen LogP contribution in [0.5, 0.6) is 0 Å². The van der Waals surface area contributed by atoms with E-state index in [1.807, 2.05) is 0 Å². The standard InChI is InChI=1S/C12H24/c1-10(2)8-7-9-12(5,6)11(3)4/h8,11H,7,9H2,1-6H3. The molecule has 0 N–H and O–H groups in total. The minimum absolute atomic E-state index is 0.492. The first-order chi connectivity index (χ1) is 5.36. The average Bonchev–Trinajstić information content (AvgIpc) is 1.85. The highest BCUT2D eigenvalue weighted by Gasteiger charge is 2.20. The van der Waals surface area contributed by atoms with Gasteiger partial charge in [-0.3, -0.25) is 0 Å². The molecule has 0 aromatic heterocycles. The van der Waals surface area contributed by atoms with Gasteiger partial charge in [-0.1, -0.05) is 39.3 Å². The van der Waals surface area contributed by atoms with Gasteiger partial charge in [-0.25, -0.2) is 0 Å². The van der Waals surface area contributed by atoms with E-state index in [1.54, 1.807) is 0 Å². The first-order valence-corrected chi connectivity index (χ1v) is 4.99. The van der Waals surface area contributed by atoms with Gasteiger partial charge in [-0.15, -0.1) is 0 Å². The maximum atomic E-state index is 2.36. The third-order valence-corrected chi connectivity index (χ3v) is 2.90. The quantitative estimate of drug-likeness (QED) is 0.545. The lowest BCUT2D eigenvalue weighted by atomic mass is 9.77. The molecule has 0 heteroatoms. The van der Waals surface area contributed by atoms with Crippen molar-refractivity contribution in [1.82, 2.24) is 0 Å². The van der Waals surface area contributed by atoms with E-state index < -0.39 is 0 Å². The predicted molar refractivity (Wildman–Crippen MR) is 57.3 cm³/mol. The average molecular weight is 168 g/mol. The molecular formula is C12H24. The van der Waals surface area contributed by atoms with Crippen molar-refractivity contribution in [2.24, 2.45) is 11.3 Å². The summed E-state index contributed by atoms with van der Waals surface area (Å²) in [6, 6.07) is 0. The molecule has 0 fully saturated rings. The third-order valence-electron chi connectivity index (χ3n) is 2.90. The normalized spacial score (nSPS) is 11.9. The van der Waals surface area contributed by atoms with Gasteiger partial charge in [0.1, 0.15) is 0 Å². The number of hydrogen-bond acceptors (Lipinski definition) is 0. The lowest BCUT2D eigenvalue weighted by Crippen LogP contribution is -2.18. The highest BCUT2D eigenvalue weighted by Crippen LogP contribution is 2.31. The van der Waals surface area contributed by atoms with Crippen molar-refractivity contribution in [2.75, 3.05) is 0 Å². The van der Waals surface area contributed by atoms with Gasteiger partial charge in [0.2, 0.25) is 0 Å². The molecule has 0 amide bonds. The van der Waals surface area contributed by atoms with Crippen LogP contribution in [0, 0.1) is 11.3 Å². The van der Waals surface area contributed by atoms with Gasteiger partial charge in [-0.05, 0) is 38.0 Å². The summed E-state index contributed by atoms with van der Waals surface area (Å²) in [5, 5.41) is 0. The Labute approximate surface area is 78.1 Å². The maximum Gasteiger partial charge on any atom is -0.0328 e. The Bertz CT molecular complexity index is 145. The molecule has 0 radical (unpaired) electrons. The Kier molecular flexibility index (Phi) is 4.59. The summed E-state index contributed by atoms with van der Waals surface area (Å²) >= 11 is 0. The lowest BCUT2D eigenvalue weighted by molar-refractivity contribution is 0.231. The van der Waals surface area contributed by atoms with Crippen LogP contribution >= 0.6 is 0 Å². The van der Waals surface area contributed by atoms with Crippen LogP contribution in [0.1, 0.15) is 54.4 Å². The Morgan fingerprint density at radius 1 is 1.25 bits per heavy atom. The van der Waals surface area contributed by atoms with Crippen molar-refractivity contribution in [2.45, 2.75) is 54.4 Å². The Balaban J connectivity index is 3.84. The smallest absolute Gasteiger partial charge is 0.0328 e. The Morgan fingerprint density at radius 2 is 1.75 bits per heavy atom. The summed E-state index contributed by atoms with van der Waals surface area (Å²) in [6.07, 6.45) is 4.87. The number of hydrogen-bond donors (Lipinski definition) is 0. The number of rotatable bonds is 4. The van der Waals surface area contributed by atoms with E-state index in [2.05, 4.69) is 47.6 Å². The molecule has 0 saturated carbocycles. The molecule has 0 saturated heterocycles. The van der Waals surface area contributed by atoms with E-state index in [4.69, 9.17) is 0 Å². The van der Waals surface area contributed by atoms with E-state index in [9.17, 15) is 0 Å². The fourth-order valence-corrected chi connectivity index (χ4v) is 1.02. The van der Waals surface area contributed by atoms with Crippen LogP contribution in [-0.4, -0.2) is 0 Å². The molecule has 0 atom stereocenters. The maximum absolute atomic E-state index is 2.36. The summed E-state index contributed by atoms with van der Waals surface area (Å²) in [6.45, 7) is 13.7. The molecule has 0 bridgehead atoms. The van der Waals surface area contributed by atoms with Gasteiger partial charge in [0.25, 0.3) is 0 Å². The fourth-order valence-electron chi connectivity index (χ4n) is 1.02. The monoisotopic (exact) mass is 168 g/mol. The van der Waals surface area contributed by atoms with Gasteiger partial charge in [0.15, 0.2) is 0 Å². The summed E-state index contributed by atoms with van der Waals surface area (Å²) in [5.74, 6) is 0.781. The number of allylic oxidation sites excluding steroid dienone is 2. The largest absolute Gasteiger partial charge is 0.0859 e. The van der Waals surface area contributed by atoms with Crippen molar-refractivity contribution in [1.29, 1.82) is 0 Å². The second-order valence-electron chi connectivity index (χ2n) is 4.96. The molecule has 0 aliphatic carbocycles. The second kappa shape index (κ2) is 4.69. The van der Waals surface area contributed by atoms with Crippen LogP contribution in [0.15, 0.2) is 11.6 Å². The van der Waals surface area contributed by atoms with E-state index in [0.29, 0.717) is 5.41 Å². The molecule has 0 heterocycles. The minimum atomic E-state index is 0.492. The molecule has 0 nitrogen and oxygen atoms in total. The summed E-state index contributed by atoms with van der Waals surface area (Å²) < 4.78 is 0. The van der Waals surface area contributed by atoms with Crippen molar-refractivity contribution in [3.63, 3.8) is 0 Å². The van der Waals surface area contributed by atoms with Crippen molar-refractivity contribution < 1.29 is 0 Å². The van der Waals surface area contributed by atoms with E-state index in [0.717, 1.165) is 5.92 Å². The van der Waals surface area contributed by atoms with Gasteiger partial charge < -0.3 is 0 Å². The van der Waals surface area contributed by atoms with Crippen molar-refractivity contribution in [3.8, 4) is 0 Å². The molecule has 0 aliphatic heterocycles. The molecule has 0 aromatic carbocycles. The van der Waals surface area contributed by atoms with Gasteiger partial charge in [-0.2, -0.15) is 0 Å². The molecule has 12 heavy (non-hydrogen) atoms. The third kappa shape index (κ3) is 4.58. The van der Waals surface area contributed by atoms with Crippen molar-refractivity contribution >= 4 is 0 Å². The highest BCUT2D eigenvalue weighted by molar-refractivity contribution is 4.93. The van der Waals surface area contributed by atoms with Gasteiger partial charge >= 0.3 is 0 Å². The summed E-state index contributed by atoms with van der Waals surface area (Å²) in [5.41, 5.74) is 1.93. The summed E-state index contributed by atoms with van der Waals surface area (Å²) in [4.78, 5) is 0. The van der Waals surface area contributed by atoms with Crippen LogP contribution in [0.3, 0.4) is 0 Å². The van der Waals surface area contributed by atoms with Gasteiger partial charge in [0, 0.05) is 0 Å². The zero-order chi connectivity index (χ0) is 9.78. The van der Waals surface area contributed by atoms with E-state index >= 15 is 0 Å². The summed E-state index contributed by atoms with van der Waals surface area (Å²) in [7, 11) is 0. The molecule has 0 aromatic rings. The van der Waals surface area contributed by atoms with Crippen LogP contribution in [-0.2, 0) is 0 Å². The molecule has 0 aliphatic rings. The van der Waals surface area contributed by atoms with Crippen LogP contribution < -0.4 is 0 Å². The first kappa shape index (κ1) is 11.7. The molecular weight excluding hydrogens is 144 g/mol. The highest BCUT2D eigenvalue weighted by atomic mass is 14.3. The van der Waals surface area contributed by atoms with Crippen LogP contribution in [0.2, 0.25) is 0 Å². The lowest BCUT2D eigenvalue weighted by Gasteiger charge is -2.28. The fraction of sp³-hybridized carbons (Fsp3) is 0.833. The zero-order valence-corrected chi connectivity index (χ0v) is 9.57. The second-order valence-corrected chi connectivity index (χ2v) is 4.96. The Hall–Kier alpha value is -0.260. The van der Waals surface area contributed by atoms with E-state index in [-0.39, 0.29) is 0 Å². The van der Waals surface area contributed by atoms with E-state index in [1.165, 1.54) is 18.4 Å². The predicted octanol–water partition coefficient (Wildman–Crippen LogP) is 4.42. The Morgan fingerprint density at radius 3 is 2.08 bits per heavy atom. The molecule has 0 unspecified atom stereocenters. The minimum Gasteiger partial charge on any atom is -0.0859 e. The molecule has 72 valence electrons. The zero-order valence-electron chi connectivity index (χ0n) is 9.57. The SMILES string of the molecule is CC(C)=CCCC(C)(C)C(C)C. The molecule has 0 spiro atoms. The van der Waals surface area contributed by atoms with Gasteiger partial charge in [0.05, 0.1) is 0 Å². The van der Waals surface area contributed by atoms with Crippen LogP contribution in [0.4, 0.5) is 0 Å². The molecule has 0 rings (SSSR count). The first-order valence-electron chi connectivity index (χ1n) is 4.99. The van der Waals surface area contributed by atoms with Crippen LogP contribution in [0.25, 0.3) is 0 Å².